The Kier molecular flexibility index (Phi) is 5.43. The van der Waals surface area contributed by atoms with Gasteiger partial charge in [0, 0.05) is 34.2 Å². The highest BCUT2D eigenvalue weighted by molar-refractivity contribution is 9.10. The van der Waals surface area contributed by atoms with Crippen molar-refractivity contribution in [2.75, 3.05) is 11.9 Å². The summed E-state index contributed by atoms with van der Waals surface area (Å²) in [5.74, 6) is -0.897. The molecule has 5 aliphatic rings. The van der Waals surface area contributed by atoms with Crippen molar-refractivity contribution in [2.45, 2.75) is 70.2 Å². The molecule has 7 rings (SSSR count). The molecule has 3 heterocycles. The van der Waals surface area contributed by atoms with Crippen LogP contribution in [0.2, 0.25) is 0 Å². The van der Waals surface area contributed by atoms with Crippen molar-refractivity contribution in [3.05, 3.63) is 39.8 Å². The molecule has 192 valence electrons. The highest BCUT2D eigenvalue weighted by Gasteiger charge is 2.80. The lowest BCUT2D eigenvalue weighted by Crippen LogP contribution is -2.70. The van der Waals surface area contributed by atoms with Gasteiger partial charge in [-0.25, -0.2) is 4.98 Å². The molecule has 1 N–H and O–H groups in total. The fourth-order valence-electron chi connectivity index (χ4n) is 6.01. The first-order valence-corrected chi connectivity index (χ1v) is 13.0. The second-order valence-corrected chi connectivity index (χ2v) is 11.8. The summed E-state index contributed by atoms with van der Waals surface area (Å²) < 4.78 is 48.4. The number of amides is 1. The molecule has 2 aromatic heterocycles. The van der Waals surface area contributed by atoms with Crippen LogP contribution in [-0.2, 0) is 9.53 Å². The van der Waals surface area contributed by atoms with Gasteiger partial charge in [0.2, 0.25) is 5.91 Å². The van der Waals surface area contributed by atoms with Gasteiger partial charge in [-0.1, -0.05) is 0 Å². The summed E-state index contributed by atoms with van der Waals surface area (Å²) >= 11 is 3.37. The lowest BCUT2D eigenvalue weighted by Gasteiger charge is -2.69. The number of ketones is 1. The van der Waals surface area contributed by atoms with Gasteiger partial charge in [-0.3, -0.25) is 14.3 Å². The van der Waals surface area contributed by atoms with E-state index in [4.69, 9.17) is 4.74 Å². The van der Waals surface area contributed by atoms with Crippen molar-refractivity contribution in [3.8, 4) is 0 Å². The van der Waals surface area contributed by atoms with Crippen LogP contribution < -0.4 is 5.32 Å². The van der Waals surface area contributed by atoms with E-state index >= 15 is 0 Å². The molecule has 36 heavy (non-hydrogen) atoms. The number of pyridine rings is 1. The lowest BCUT2D eigenvalue weighted by atomic mass is 9.33. The first-order valence-electron chi connectivity index (χ1n) is 12.3. The van der Waals surface area contributed by atoms with E-state index in [1.54, 1.807) is 19.2 Å². The van der Waals surface area contributed by atoms with Gasteiger partial charge in [0.15, 0.2) is 5.78 Å². The molecule has 5 fully saturated rings. The minimum Gasteiger partial charge on any atom is -0.373 e. The van der Waals surface area contributed by atoms with Gasteiger partial charge in [-0.15, -0.1) is 0 Å². The minimum absolute atomic E-state index is 0.112. The molecule has 0 spiro atoms. The number of nitrogens with zero attached hydrogens (tertiary/aromatic N) is 3. The van der Waals surface area contributed by atoms with Gasteiger partial charge in [0.25, 0.3) is 0 Å². The molecule has 7 nitrogen and oxygen atoms in total. The third kappa shape index (κ3) is 3.81. The van der Waals surface area contributed by atoms with Crippen molar-refractivity contribution in [1.82, 2.24) is 14.8 Å². The summed E-state index contributed by atoms with van der Waals surface area (Å²) in [4.78, 5) is 31.1. The van der Waals surface area contributed by atoms with Crippen LogP contribution in [0.15, 0.2) is 22.9 Å². The Labute approximate surface area is 214 Å². The molecule has 4 saturated carbocycles. The van der Waals surface area contributed by atoms with Crippen LogP contribution >= 0.6 is 15.9 Å². The van der Waals surface area contributed by atoms with E-state index in [0.29, 0.717) is 35.7 Å². The Morgan fingerprint density at radius 3 is 2.61 bits per heavy atom. The maximum absolute atomic E-state index is 13.4. The zero-order chi connectivity index (χ0) is 25.5. The summed E-state index contributed by atoms with van der Waals surface area (Å²) in [6, 6.07) is 2.02. The number of carbonyl (C=O) groups excluding carboxylic acids is 2. The number of hydrogen-bond donors (Lipinski definition) is 1. The SMILES string of the molecule is Cc1nc(NC(=O)[C@H]2CCO[C@@H](c3cnn(C4CC4)c3)C2)c(C(=O)C23CC(C(F)(F)F)(C2)C3)cc1Br. The number of ether oxygens (including phenoxy) is 1. The Balaban J connectivity index is 1.18. The highest BCUT2D eigenvalue weighted by Crippen LogP contribution is 2.79. The summed E-state index contributed by atoms with van der Waals surface area (Å²) in [5.41, 5.74) is -1.08. The quantitative estimate of drug-likeness (QED) is 0.453. The van der Waals surface area contributed by atoms with E-state index in [0.717, 1.165) is 18.4 Å². The first kappa shape index (κ1) is 24.1. The molecular weight excluding hydrogens is 541 g/mol. The van der Waals surface area contributed by atoms with Crippen molar-refractivity contribution < 1.29 is 27.5 Å². The standard InChI is InChI=1S/C25H26BrF3N4O3/c1-13-18(26)7-17(20(34)23-10-24(11-23,12-23)25(27,28)29)21(31-13)32-22(35)14-4-5-36-19(6-14)15-8-30-33(9-15)16-2-3-16/h7-9,14,16,19H,2-6,10-12H2,1H3,(H,31,32,35)/t14-,19+,23?,24?/m0/s1. The Morgan fingerprint density at radius 2 is 1.94 bits per heavy atom. The monoisotopic (exact) mass is 566 g/mol. The molecule has 2 bridgehead atoms. The van der Waals surface area contributed by atoms with E-state index < -0.39 is 17.0 Å². The van der Waals surface area contributed by atoms with Gasteiger partial charge in [0.1, 0.15) is 5.82 Å². The van der Waals surface area contributed by atoms with Gasteiger partial charge in [0.05, 0.1) is 35.0 Å². The fraction of sp³-hybridized carbons (Fsp3) is 0.600. The summed E-state index contributed by atoms with van der Waals surface area (Å²) in [6.45, 7) is 2.15. The van der Waals surface area contributed by atoms with Gasteiger partial charge in [-0.2, -0.15) is 18.3 Å². The van der Waals surface area contributed by atoms with Crippen molar-refractivity contribution in [2.24, 2.45) is 16.7 Å². The molecule has 2 atom stereocenters. The number of nitrogens with one attached hydrogen (secondary N) is 1. The van der Waals surface area contributed by atoms with Crippen molar-refractivity contribution in [1.29, 1.82) is 0 Å². The zero-order valence-corrected chi connectivity index (χ0v) is 21.3. The van der Waals surface area contributed by atoms with Gasteiger partial charge < -0.3 is 10.1 Å². The molecule has 0 unspecified atom stereocenters. The van der Waals surface area contributed by atoms with E-state index in [9.17, 15) is 22.8 Å². The average Bonchev–Trinajstić information content (AvgIpc) is 3.49. The maximum Gasteiger partial charge on any atom is 0.394 e. The van der Waals surface area contributed by atoms with Gasteiger partial charge >= 0.3 is 6.18 Å². The topological polar surface area (TPSA) is 86.1 Å². The molecule has 0 radical (unpaired) electrons. The molecule has 1 aliphatic heterocycles. The first-order chi connectivity index (χ1) is 17.0. The molecule has 1 amide bonds. The molecule has 4 aliphatic carbocycles. The van der Waals surface area contributed by atoms with Crippen LogP contribution in [0.5, 0.6) is 0 Å². The normalized spacial score (nSPS) is 31.4. The number of halogens is 4. The van der Waals surface area contributed by atoms with Crippen molar-refractivity contribution in [3.63, 3.8) is 0 Å². The minimum atomic E-state index is -4.30. The number of aromatic nitrogens is 3. The number of Topliss-reactive ketones (excluding diaryl/α,β-unsaturated/α-hetero) is 1. The van der Waals surface area contributed by atoms with Crippen LogP contribution in [0.1, 0.15) is 78.7 Å². The number of hydrogen-bond acceptors (Lipinski definition) is 5. The number of aryl methyl sites for hydroxylation is 1. The second kappa shape index (κ2) is 8.11. The number of rotatable bonds is 6. The van der Waals surface area contributed by atoms with E-state index in [2.05, 4.69) is 31.3 Å². The highest BCUT2D eigenvalue weighted by atomic mass is 79.9. The molecule has 2 aromatic rings. The van der Waals surface area contributed by atoms with E-state index in [-0.39, 0.29) is 54.4 Å². The predicted molar refractivity (Wildman–Crippen MR) is 126 cm³/mol. The molecular formula is C25H26BrF3N4O3. The van der Waals surface area contributed by atoms with Crippen LogP contribution in [0.4, 0.5) is 19.0 Å². The largest absolute Gasteiger partial charge is 0.394 e. The van der Waals surface area contributed by atoms with Crippen LogP contribution in [0, 0.1) is 23.7 Å². The Hall–Kier alpha value is -2.27. The molecule has 11 heteroatoms. The average molecular weight is 567 g/mol. The van der Waals surface area contributed by atoms with Crippen LogP contribution in [0.25, 0.3) is 0 Å². The summed E-state index contributed by atoms with van der Waals surface area (Å²) in [6.07, 6.45) is 1.87. The number of alkyl halides is 3. The summed E-state index contributed by atoms with van der Waals surface area (Å²) in [7, 11) is 0. The molecule has 0 aromatic carbocycles. The second-order valence-electron chi connectivity index (χ2n) is 10.9. The molecule has 1 saturated heterocycles. The smallest absolute Gasteiger partial charge is 0.373 e. The predicted octanol–water partition coefficient (Wildman–Crippen LogP) is 5.71. The summed E-state index contributed by atoms with van der Waals surface area (Å²) in [5, 5.41) is 7.24. The van der Waals surface area contributed by atoms with E-state index in [1.807, 2.05) is 10.9 Å². The van der Waals surface area contributed by atoms with Gasteiger partial charge in [-0.05, 0) is 73.9 Å². The third-order valence-corrected chi connectivity index (χ3v) is 9.12. The lowest BCUT2D eigenvalue weighted by molar-refractivity contribution is -0.346. The number of anilines is 1. The van der Waals surface area contributed by atoms with Crippen LogP contribution in [-0.4, -0.2) is 39.2 Å². The zero-order valence-electron chi connectivity index (χ0n) is 19.7. The maximum atomic E-state index is 13.4. The van der Waals surface area contributed by atoms with Crippen molar-refractivity contribution >= 4 is 33.4 Å². The Bertz CT molecular complexity index is 1240. The Morgan fingerprint density at radius 1 is 1.22 bits per heavy atom. The van der Waals surface area contributed by atoms with Crippen LogP contribution in [0.3, 0.4) is 0 Å². The van der Waals surface area contributed by atoms with E-state index in [1.165, 1.54) is 0 Å². The fourth-order valence-corrected chi connectivity index (χ4v) is 6.33. The third-order valence-electron chi connectivity index (χ3n) is 8.32. The number of carbonyl (C=O) groups is 2.